The van der Waals surface area contributed by atoms with Crippen LogP contribution in [0.4, 0.5) is 10.5 Å². The Kier molecular flexibility index (Phi) is 4.62. The fourth-order valence-corrected chi connectivity index (χ4v) is 4.22. The lowest BCUT2D eigenvalue weighted by Gasteiger charge is -2.31. The monoisotopic (exact) mass is 391 g/mol. The standard InChI is InChI=1S/C23H25N3O3/c27-22-20-12-18(15-26(20)23(28)24-13-16-6-2-1-3-7-16)29-21-9-5-4-8-19(21)25(22)14-17-10-11-17/h1-9,17-18,20H,10-15H2,(H,24,28). The first-order chi connectivity index (χ1) is 14.2. The number of urea groups is 1. The maximum Gasteiger partial charge on any atom is 0.318 e. The fraction of sp³-hybridized carbons (Fsp3) is 0.391. The Labute approximate surface area is 170 Å². The Balaban J connectivity index is 1.37. The third-order valence-electron chi connectivity index (χ3n) is 5.95. The van der Waals surface area contributed by atoms with E-state index < -0.39 is 6.04 Å². The second-order valence-electron chi connectivity index (χ2n) is 8.15. The van der Waals surface area contributed by atoms with Gasteiger partial charge in [-0.1, -0.05) is 42.5 Å². The van der Waals surface area contributed by atoms with Gasteiger partial charge in [0.15, 0.2) is 0 Å². The van der Waals surface area contributed by atoms with Gasteiger partial charge in [-0.15, -0.1) is 0 Å². The van der Waals surface area contributed by atoms with Crippen LogP contribution in [0.15, 0.2) is 54.6 Å². The number of nitrogens with one attached hydrogen (secondary N) is 1. The van der Waals surface area contributed by atoms with E-state index in [1.807, 2.05) is 59.5 Å². The lowest BCUT2D eigenvalue weighted by Crippen LogP contribution is -2.51. The summed E-state index contributed by atoms with van der Waals surface area (Å²) in [5, 5.41) is 2.96. The number of nitrogens with zero attached hydrogens (tertiary/aromatic N) is 2. The number of fused-ring (bicyclic) bond motifs is 3. The van der Waals surface area contributed by atoms with Crippen molar-refractivity contribution in [3.05, 3.63) is 60.2 Å². The summed E-state index contributed by atoms with van der Waals surface area (Å²) in [4.78, 5) is 30.0. The molecule has 1 saturated heterocycles. The highest BCUT2D eigenvalue weighted by atomic mass is 16.5. The Morgan fingerprint density at radius 2 is 1.83 bits per heavy atom. The molecule has 2 heterocycles. The zero-order valence-electron chi connectivity index (χ0n) is 16.3. The van der Waals surface area contributed by atoms with Gasteiger partial charge in [0.1, 0.15) is 17.9 Å². The number of carbonyl (C=O) groups excluding carboxylic acids is 2. The lowest BCUT2D eigenvalue weighted by molar-refractivity contribution is -0.122. The second kappa shape index (κ2) is 7.43. The predicted octanol–water partition coefficient (Wildman–Crippen LogP) is 3.17. The van der Waals surface area contributed by atoms with Gasteiger partial charge in [-0.05, 0) is 36.5 Å². The van der Waals surface area contributed by atoms with Crippen molar-refractivity contribution in [2.24, 2.45) is 5.92 Å². The minimum atomic E-state index is -0.483. The van der Waals surface area contributed by atoms with E-state index in [2.05, 4.69) is 5.32 Å². The number of ether oxygens (including phenoxy) is 1. The van der Waals surface area contributed by atoms with Gasteiger partial charge >= 0.3 is 6.03 Å². The number of amides is 3. The highest BCUT2D eigenvalue weighted by molar-refractivity contribution is 6.01. The molecule has 2 fully saturated rings. The molecule has 6 nitrogen and oxygen atoms in total. The molecule has 3 aliphatic rings. The fourth-order valence-electron chi connectivity index (χ4n) is 4.22. The predicted molar refractivity (Wildman–Crippen MR) is 110 cm³/mol. The topological polar surface area (TPSA) is 61.9 Å². The first kappa shape index (κ1) is 18.0. The summed E-state index contributed by atoms with van der Waals surface area (Å²) in [5.41, 5.74) is 1.86. The molecule has 2 atom stereocenters. The van der Waals surface area contributed by atoms with Gasteiger partial charge < -0.3 is 19.9 Å². The minimum absolute atomic E-state index is 0.00464. The van der Waals surface area contributed by atoms with Crippen molar-refractivity contribution in [1.82, 2.24) is 10.2 Å². The lowest BCUT2D eigenvalue weighted by atomic mass is 10.1. The molecule has 1 saturated carbocycles. The van der Waals surface area contributed by atoms with Crippen LogP contribution in [0, 0.1) is 5.92 Å². The molecule has 2 unspecified atom stereocenters. The van der Waals surface area contributed by atoms with Gasteiger partial charge in [0.25, 0.3) is 0 Å². The van der Waals surface area contributed by atoms with Crippen LogP contribution in [0.5, 0.6) is 5.75 Å². The molecule has 2 aromatic rings. The van der Waals surface area contributed by atoms with E-state index in [1.165, 1.54) is 0 Å². The van der Waals surface area contributed by atoms with Crippen LogP contribution in [-0.4, -0.2) is 42.1 Å². The molecule has 2 aliphatic heterocycles. The van der Waals surface area contributed by atoms with Gasteiger partial charge in [-0.25, -0.2) is 4.79 Å². The Hall–Kier alpha value is -3.02. The van der Waals surface area contributed by atoms with E-state index in [4.69, 9.17) is 4.74 Å². The van der Waals surface area contributed by atoms with Gasteiger partial charge in [-0.3, -0.25) is 4.79 Å². The quantitative estimate of drug-likeness (QED) is 0.871. The van der Waals surface area contributed by atoms with E-state index in [0.717, 1.165) is 29.8 Å². The molecule has 0 aromatic heterocycles. The third kappa shape index (κ3) is 3.67. The van der Waals surface area contributed by atoms with Crippen LogP contribution < -0.4 is 15.0 Å². The highest BCUT2D eigenvalue weighted by Gasteiger charge is 2.45. The molecule has 0 radical (unpaired) electrons. The van der Waals surface area contributed by atoms with Crippen LogP contribution in [0.1, 0.15) is 24.8 Å². The number of carbonyl (C=O) groups is 2. The summed E-state index contributed by atoms with van der Waals surface area (Å²) in [6, 6.07) is 16.8. The molecule has 3 amide bonds. The van der Waals surface area contributed by atoms with Crippen LogP contribution >= 0.6 is 0 Å². The smallest absolute Gasteiger partial charge is 0.318 e. The first-order valence-electron chi connectivity index (χ1n) is 10.3. The molecule has 1 aliphatic carbocycles. The maximum absolute atomic E-state index is 13.5. The number of hydrogen-bond acceptors (Lipinski definition) is 3. The average Bonchev–Trinajstić information content (AvgIpc) is 3.47. The summed E-state index contributed by atoms with van der Waals surface area (Å²) < 4.78 is 6.24. The van der Waals surface area contributed by atoms with Crippen molar-refractivity contribution in [3.8, 4) is 5.75 Å². The molecule has 1 N–H and O–H groups in total. The number of hydrogen-bond donors (Lipinski definition) is 1. The molecule has 6 heteroatoms. The van der Waals surface area contributed by atoms with Gasteiger partial charge in [-0.2, -0.15) is 0 Å². The van der Waals surface area contributed by atoms with E-state index in [-0.39, 0.29) is 18.0 Å². The van der Waals surface area contributed by atoms with Crippen molar-refractivity contribution in [3.63, 3.8) is 0 Å². The van der Waals surface area contributed by atoms with Crippen molar-refractivity contribution >= 4 is 17.6 Å². The van der Waals surface area contributed by atoms with E-state index in [0.29, 0.717) is 32.0 Å². The van der Waals surface area contributed by atoms with Gasteiger partial charge in [0.05, 0.1) is 12.2 Å². The van der Waals surface area contributed by atoms with Gasteiger partial charge in [0.2, 0.25) is 5.91 Å². The summed E-state index contributed by atoms with van der Waals surface area (Å²) in [6.07, 6.45) is 2.67. The number of rotatable bonds is 4. The molecule has 150 valence electrons. The van der Waals surface area contributed by atoms with Crippen LogP contribution in [0.2, 0.25) is 0 Å². The third-order valence-corrected chi connectivity index (χ3v) is 5.95. The maximum atomic E-state index is 13.5. The molecular formula is C23H25N3O3. The molecule has 2 aromatic carbocycles. The Morgan fingerprint density at radius 1 is 1.07 bits per heavy atom. The summed E-state index contributed by atoms with van der Waals surface area (Å²) in [7, 11) is 0. The van der Waals surface area contributed by atoms with Crippen molar-refractivity contribution in [2.75, 3.05) is 18.0 Å². The van der Waals surface area contributed by atoms with Crippen LogP contribution in [0.25, 0.3) is 0 Å². The molecule has 2 bridgehead atoms. The highest BCUT2D eigenvalue weighted by Crippen LogP contribution is 2.39. The molecular weight excluding hydrogens is 366 g/mol. The largest absolute Gasteiger partial charge is 0.486 e. The summed E-state index contributed by atoms with van der Waals surface area (Å²) >= 11 is 0. The van der Waals surface area contributed by atoms with Gasteiger partial charge in [0, 0.05) is 19.5 Å². The Morgan fingerprint density at radius 3 is 2.62 bits per heavy atom. The SMILES string of the molecule is O=C1C2CC(CN2C(=O)NCc2ccccc2)Oc2ccccc2N1CC1CC1. The first-order valence-corrected chi connectivity index (χ1v) is 10.3. The minimum Gasteiger partial charge on any atom is -0.486 e. The van der Waals surface area contributed by atoms with E-state index in [1.54, 1.807) is 4.90 Å². The van der Waals surface area contributed by atoms with Crippen molar-refractivity contribution in [1.29, 1.82) is 0 Å². The normalized spacial score (nSPS) is 23.1. The summed E-state index contributed by atoms with van der Waals surface area (Å²) in [6.45, 7) is 1.55. The Bertz CT molecular complexity index is 913. The molecule has 29 heavy (non-hydrogen) atoms. The van der Waals surface area contributed by atoms with Crippen LogP contribution in [0.3, 0.4) is 0 Å². The summed E-state index contributed by atoms with van der Waals surface area (Å²) in [5.74, 6) is 1.28. The van der Waals surface area contributed by atoms with Crippen molar-refractivity contribution in [2.45, 2.75) is 38.0 Å². The molecule has 5 rings (SSSR count). The van der Waals surface area contributed by atoms with Crippen LogP contribution in [-0.2, 0) is 11.3 Å². The zero-order valence-corrected chi connectivity index (χ0v) is 16.3. The molecule has 0 spiro atoms. The number of para-hydroxylation sites is 2. The number of benzene rings is 2. The van der Waals surface area contributed by atoms with E-state index >= 15 is 0 Å². The van der Waals surface area contributed by atoms with Crippen molar-refractivity contribution < 1.29 is 14.3 Å². The zero-order chi connectivity index (χ0) is 19.8. The number of anilines is 1. The number of likely N-dealkylation sites (tertiary alicyclic amines) is 1. The average molecular weight is 391 g/mol. The second-order valence-corrected chi connectivity index (χ2v) is 8.15. The van der Waals surface area contributed by atoms with E-state index in [9.17, 15) is 9.59 Å².